The van der Waals surface area contributed by atoms with E-state index < -0.39 is 0 Å². The molecule has 0 spiro atoms. The quantitative estimate of drug-likeness (QED) is 0.890. The topological polar surface area (TPSA) is 15.3 Å². The second-order valence-corrected chi connectivity index (χ2v) is 6.47. The Morgan fingerprint density at radius 2 is 1.80 bits per heavy atom. The smallest absolute Gasteiger partial charge is 0.0348 e. The Bertz CT molecular complexity index is 589. The van der Waals surface area contributed by atoms with Gasteiger partial charge < -0.3 is 10.2 Å². The third-order valence-electron chi connectivity index (χ3n) is 4.21. The molecule has 1 aliphatic rings. The Morgan fingerprint density at radius 3 is 2.55 bits per heavy atom. The van der Waals surface area contributed by atoms with Crippen LogP contribution in [0.4, 0.5) is 5.69 Å². The van der Waals surface area contributed by atoms with Crippen LogP contribution in [0.25, 0.3) is 10.8 Å². The minimum atomic E-state index is 0.616. The molecule has 0 saturated carbocycles. The second kappa shape index (κ2) is 6.15. The normalized spacial score (nSPS) is 17.5. The Morgan fingerprint density at radius 1 is 1.10 bits per heavy atom. The van der Waals surface area contributed by atoms with E-state index >= 15 is 0 Å². The molecular weight excluding hydrogens is 312 g/mol. The minimum Gasteiger partial charge on any atom is -0.382 e. The van der Waals surface area contributed by atoms with E-state index in [1.165, 1.54) is 48.9 Å². The van der Waals surface area contributed by atoms with Crippen molar-refractivity contribution >= 4 is 32.4 Å². The monoisotopic (exact) mass is 332 g/mol. The third kappa shape index (κ3) is 3.15. The molecular formula is C17H21BrN2. The molecule has 2 nitrogen and oxygen atoms in total. The maximum Gasteiger partial charge on any atom is 0.0348 e. The van der Waals surface area contributed by atoms with Crippen molar-refractivity contribution in [3.05, 3.63) is 40.9 Å². The molecule has 0 unspecified atom stereocenters. The van der Waals surface area contributed by atoms with Crippen LogP contribution < -0.4 is 5.32 Å². The van der Waals surface area contributed by atoms with Crippen LogP contribution in [0.15, 0.2) is 40.9 Å². The summed E-state index contributed by atoms with van der Waals surface area (Å²) in [6.07, 6.45) is 2.48. The van der Waals surface area contributed by atoms with Gasteiger partial charge in [0.15, 0.2) is 0 Å². The molecule has 0 bridgehead atoms. The van der Waals surface area contributed by atoms with Gasteiger partial charge in [0, 0.05) is 29.3 Å². The van der Waals surface area contributed by atoms with Crippen molar-refractivity contribution < 1.29 is 0 Å². The molecule has 0 aliphatic carbocycles. The van der Waals surface area contributed by atoms with E-state index in [1.54, 1.807) is 0 Å². The Balaban J connectivity index is 1.70. The SMILES string of the molecule is CCN1CCC(Nc2ccc3cc(Br)ccc3c2)CC1. The minimum absolute atomic E-state index is 0.616. The van der Waals surface area contributed by atoms with E-state index in [9.17, 15) is 0 Å². The molecule has 1 saturated heterocycles. The van der Waals surface area contributed by atoms with Crippen molar-refractivity contribution in [3.8, 4) is 0 Å². The zero-order chi connectivity index (χ0) is 13.9. The average molecular weight is 333 g/mol. The number of likely N-dealkylation sites (tertiary alicyclic amines) is 1. The number of hydrogen-bond donors (Lipinski definition) is 1. The van der Waals surface area contributed by atoms with Gasteiger partial charge in [0.25, 0.3) is 0 Å². The number of fused-ring (bicyclic) bond motifs is 1. The number of nitrogens with one attached hydrogen (secondary N) is 1. The molecule has 1 N–H and O–H groups in total. The lowest BCUT2D eigenvalue weighted by Crippen LogP contribution is -2.38. The Labute approximate surface area is 129 Å². The zero-order valence-electron chi connectivity index (χ0n) is 11.9. The van der Waals surface area contributed by atoms with E-state index in [0.29, 0.717) is 6.04 Å². The Kier molecular flexibility index (Phi) is 4.27. The van der Waals surface area contributed by atoms with Gasteiger partial charge in [-0.15, -0.1) is 0 Å². The van der Waals surface area contributed by atoms with Crippen LogP contribution in [0.3, 0.4) is 0 Å². The first kappa shape index (κ1) is 13.9. The van der Waals surface area contributed by atoms with Crippen molar-refractivity contribution in [3.63, 3.8) is 0 Å². The fourth-order valence-corrected chi connectivity index (χ4v) is 3.31. The predicted octanol–water partition coefficient (Wildman–Crippen LogP) is 4.50. The Hall–Kier alpha value is -1.06. The fraction of sp³-hybridized carbons (Fsp3) is 0.412. The van der Waals surface area contributed by atoms with Crippen LogP contribution in [0, 0.1) is 0 Å². The summed E-state index contributed by atoms with van der Waals surface area (Å²) in [5.41, 5.74) is 1.25. The molecule has 1 heterocycles. The number of rotatable bonds is 3. The first-order valence-electron chi connectivity index (χ1n) is 7.43. The van der Waals surface area contributed by atoms with E-state index in [4.69, 9.17) is 0 Å². The lowest BCUT2D eigenvalue weighted by atomic mass is 10.0. The lowest BCUT2D eigenvalue weighted by molar-refractivity contribution is 0.229. The van der Waals surface area contributed by atoms with Crippen LogP contribution in [0.2, 0.25) is 0 Å². The molecule has 0 amide bonds. The molecule has 1 aliphatic heterocycles. The molecule has 0 aromatic heterocycles. The maximum atomic E-state index is 3.69. The molecule has 1 fully saturated rings. The summed E-state index contributed by atoms with van der Waals surface area (Å²) in [6, 6.07) is 13.7. The molecule has 0 radical (unpaired) electrons. The highest BCUT2D eigenvalue weighted by Gasteiger charge is 2.17. The highest BCUT2D eigenvalue weighted by atomic mass is 79.9. The molecule has 2 aromatic carbocycles. The fourth-order valence-electron chi connectivity index (χ4n) is 2.94. The lowest BCUT2D eigenvalue weighted by Gasteiger charge is -2.32. The maximum absolute atomic E-state index is 3.69. The van der Waals surface area contributed by atoms with E-state index in [1.807, 2.05) is 0 Å². The van der Waals surface area contributed by atoms with Crippen LogP contribution in [0.1, 0.15) is 19.8 Å². The summed E-state index contributed by atoms with van der Waals surface area (Å²) in [5.74, 6) is 0. The van der Waals surface area contributed by atoms with Gasteiger partial charge >= 0.3 is 0 Å². The van der Waals surface area contributed by atoms with Gasteiger partial charge in [-0.05, 0) is 54.4 Å². The van der Waals surface area contributed by atoms with Gasteiger partial charge in [-0.25, -0.2) is 0 Å². The van der Waals surface area contributed by atoms with Crippen molar-refractivity contribution in [2.24, 2.45) is 0 Å². The summed E-state index contributed by atoms with van der Waals surface area (Å²) in [5, 5.41) is 6.27. The largest absolute Gasteiger partial charge is 0.382 e. The number of halogens is 1. The molecule has 0 atom stereocenters. The molecule has 106 valence electrons. The number of nitrogens with zero attached hydrogens (tertiary/aromatic N) is 1. The summed E-state index contributed by atoms with van der Waals surface area (Å²) in [6.45, 7) is 5.86. The van der Waals surface area contributed by atoms with Gasteiger partial charge in [-0.2, -0.15) is 0 Å². The second-order valence-electron chi connectivity index (χ2n) is 5.56. The predicted molar refractivity (Wildman–Crippen MR) is 90.4 cm³/mol. The summed E-state index contributed by atoms with van der Waals surface area (Å²) in [4.78, 5) is 2.52. The first-order valence-corrected chi connectivity index (χ1v) is 8.22. The van der Waals surface area contributed by atoms with Gasteiger partial charge in [-0.3, -0.25) is 0 Å². The van der Waals surface area contributed by atoms with Crippen LogP contribution in [-0.2, 0) is 0 Å². The van der Waals surface area contributed by atoms with Crippen molar-refractivity contribution in [2.75, 3.05) is 25.0 Å². The van der Waals surface area contributed by atoms with Gasteiger partial charge in [-0.1, -0.05) is 35.0 Å². The van der Waals surface area contributed by atoms with E-state index in [2.05, 4.69) is 69.5 Å². The van der Waals surface area contributed by atoms with Crippen molar-refractivity contribution in [1.29, 1.82) is 0 Å². The van der Waals surface area contributed by atoms with Crippen molar-refractivity contribution in [1.82, 2.24) is 4.90 Å². The standard InChI is InChI=1S/C17H21BrN2/c1-2-20-9-7-16(8-10-20)19-17-6-4-13-11-15(18)5-3-14(13)12-17/h3-6,11-12,16,19H,2,7-10H2,1H3. The van der Waals surface area contributed by atoms with Gasteiger partial charge in [0.2, 0.25) is 0 Å². The highest BCUT2D eigenvalue weighted by Crippen LogP contribution is 2.24. The van der Waals surface area contributed by atoms with Crippen LogP contribution in [-0.4, -0.2) is 30.6 Å². The number of anilines is 1. The van der Waals surface area contributed by atoms with Crippen LogP contribution >= 0.6 is 15.9 Å². The van der Waals surface area contributed by atoms with E-state index in [-0.39, 0.29) is 0 Å². The van der Waals surface area contributed by atoms with Gasteiger partial charge in [0.1, 0.15) is 0 Å². The molecule has 3 heteroatoms. The summed E-state index contributed by atoms with van der Waals surface area (Å²) >= 11 is 3.52. The average Bonchev–Trinajstić information content (AvgIpc) is 2.48. The van der Waals surface area contributed by atoms with Crippen molar-refractivity contribution in [2.45, 2.75) is 25.8 Å². The highest BCUT2D eigenvalue weighted by molar-refractivity contribution is 9.10. The van der Waals surface area contributed by atoms with Gasteiger partial charge in [0.05, 0.1) is 0 Å². The molecule has 20 heavy (non-hydrogen) atoms. The summed E-state index contributed by atoms with van der Waals surface area (Å²) < 4.78 is 1.14. The number of benzene rings is 2. The molecule has 2 aromatic rings. The summed E-state index contributed by atoms with van der Waals surface area (Å²) in [7, 11) is 0. The molecule has 3 rings (SSSR count). The third-order valence-corrected chi connectivity index (χ3v) is 4.70. The number of piperidine rings is 1. The van der Waals surface area contributed by atoms with Crippen LogP contribution in [0.5, 0.6) is 0 Å². The van der Waals surface area contributed by atoms with E-state index in [0.717, 1.165) is 4.47 Å². The zero-order valence-corrected chi connectivity index (χ0v) is 13.5. The first-order chi connectivity index (χ1) is 9.74. The number of hydrogen-bond acceptors (Lipinski definition) is 2.